The van der Waals surface area contributed by atoms with Crippen molar-refractivity contribution in [2.24, 2.45) is 0 Å². The van der Waals surface area contributed by atoms with Gasteiger partial charge in [-0.05, 0) is 31.5 Å². The lowest BCUT2D eigenvalue weighted by Gasteiger charge is -2.33. The third-order valence-corrected chi connectivity index (χ3v) is 6.37. The molecule has 2 aromatic heterocycles. The number of halogens is 4. The number of likely N-dealkylation sites (tertiary alicyclic amines) is 1. The molecule has 3 aromatic rings. The molecule has 0 radical (unpaired) electrons. The van der Waals surface area contributed by atoms with Crippen molar-refractivity contribution in [3.63, 3.8) is 0 Å². The quantitative estimate of drug-likeness (QED) is 0.302. The van der Waals surface area contributed by atoms with Crippen LogP contribution < -0.4 is 20.7 Å². The number of hydrogen-bond acceptors (Lipinski definition) is 7. The Kier molecular flexibility index (Phi) is 8.50. The Labute approximate surface area is 223 Å². The zero-order valence-electron chi connectivity index (χ0n) is 21.7. The number of pyridine rings is 1. The molecule has 0 spiro atoms. The molecule has 208 valence electrons. The molecular weight excluding hydrogens is 518 g/mol. The van der Waals surface area contributed by atoms with E-state index in [1.807, 2.05) is 11.9 Å². The van der Waals surface area contributed by atoms with Crippen molar-refractivity contribution in [1.29, 1.82) is 0 Å². The third-order valence-electron chi connectivity index (χ3n) is 6.37. The van der Waals surface area contributed by atoms with Gasteiger partial charge in [0.1, 0.15) is 6.17 Å². The first-order valence-electron chi connectivity index (χ1n) is 12.3. The van der Waals surface area contributed by atoms with Crippen LogP contribution in [-0.2, 0) is 6.42 Å². The smallest absolute Gasteiger partial charge is 0.393 e. The number of nitrogens with one attached hydrogen (secondary N) is 3. The number of rotatable bonds is 7. The highest BCUT2D eigenvalue weighted by Gasteiger charge is 2.33. The molecule has 3 N–H and O–H groups in total. The summed E-state index contributed by atoms with van der Waals surface area (Å²) >= 11 is 0. The summed E-state index contributed by atoms with van der Waals surface area (Å²) in [5, 5.41) is 8.76. The van der Waals surface area contributed by atoms with Crippen molar-refractivity contribution in [2.45, 2.75) is 31.2 Å². The predicted octanol–water partition coefficient (Wildman–Crippen LogP) is 4.22. The SMILES string of the molecule is CNC(=O)c1cnc(OCC#Cc2oc3c(N[C@@H]4CCN(C)C[C@@H]4F)cccc3c2CC(F)(F)F)c(NC)c1. The van der Waals surface area contributed by atoms with Crippen LogP contribution >= 0.6 is 0 Å². The summed E-state index contributed by atoms with van der Waals surface area (Å²) in [6.45, 7) is 0.759. The molecule has 1 fully saturated rings. The molecule has 1 aromatic carbocycles. The van der Waals surface area contributed by atoms with Gasteiger partial charge in [-0.2, -0.15) is 13.2 Å². The predicted molar refractivity (Wildman–Crippen MR) is 140 cm³/mol. The number of amides is 1. The molecule has 0 bridgehead atoms. The van der Waals surface area contributed by atoms with Crippen molar-refractivity contribution >= 4 is 28.3 Å². The second kappa shape index (κ2) is 11.8. The van der Waals surface area contributed by atoms with Crippen LogP contribution in [0.5, 0.6) is 5.88 Å². The fourth-order valence-corrected chi connectivity index (χ4v) is 4.42. The highest BCUT2D eigenvalue weighted by molar-refractivity contribution is 5.95. The number of alkyl halides is 4. The number of nitrogens with zero attached hydrogens (tertiary/aromatic N) is 2. The van der Waals surface area contributed by atoms with Crippen LogP contribution in [0.15, 0.2) is 34.9 Å². The molecule has 0 aliphatic carbocycles. The summed E-state index contributed by atoms with van der Waals surface area (Å²) in [7, 11) is 4.96. The third kappa shape index (κ3) is 6.72. The summed E-state index contributed by atoms with van der Waals surface area (Å²) < 4.78 is 66.4. The van der Waals surface area contributed by atoms with E-state index in [1.54, 1.807) is 25.2 Å². The number of piperidine rings is 1. The Bertz CT molecular complexity index is 1400. The maximum Gasteiger partial charge on any atom is 0.393 e. The molecule has 8 nitrogen and oxygen atoms in total. The second-order valence-corrected chi connectivity index (χ2v) is 9.20. The lowest BCUT2D eigenvalue weighted by Crippen LogP contribution is -2.46. The van der Waals surface area contributed by atoms with Crippen LogP contribution in [-0.4, -0.2) is 75.0 Å². The van der Waals surface area contributed by atoms with Gasteiger partial charge in [-0.3, -0.25) is 4.79 Å². The first-order valence-corrected chi connectivity index (χ1v) is 12.3. The number of ether oxygens (including phenoxy) is 1. The molecule has 0 saturated carbocycles. The highest BCUT2D eigenvalue weighted by Crippen LogP contribution is 2.36. The highest BCUT2D eigenvalue weighted by atomic mass is 19.4. The van der Waals surface area contributed by atoms with Crippen LogP contribution in [0.3, 0.4) is 0 Å². The van der Waals surface area contributed by atoms with Crippen LogP contribution in [0.4, 0.5) is 28.9 Å². The largest absolute Gasteiger partial charge is 0.463 e. The van der Waals surface area contributed by atoms with E-state index in [0.717, 1.165) is 0 Å². The van der Waals surface area contributed by atoms with E-state index in [2.05, 4.69) is 32.8 Å². The first-order chi connectivity index (χ1) is 18.6. The minimum atomic E-state index is -4.50. The molecule has 39 heavy (non-hydrogen) atoms. The summed E-state index contributed by atoms with van der Waals surface area (Å²) in [6, 6.07) is 5.86. The summed E-state index contributed by atoms with van der Waals surface area (Å²) in [5.41, 5.74) is 1.27. The van der Waals surface area contributed by atoms with Crippen molar-refractivity contribution < 1.29 is 31.5 Å². The fraction of sp³-hybridized carbons (Fsp3) is 0.407. The zero-order chi connectivity index (χ0) is 28.2. The van der Waals surface area contributed by atoms with Gasteiger partial charge in [-0.1, -0.05) is 18.1 Å². The first kappa shape index (κ1) is 28.0. The van der Waals surface area contributed by atoms with E-state index in [4.69, 9.17) is 9.15 Å². The molecule has 0 unspecified atom stereocenters. The number of carbonyl (C=O) groups is 1. The molecular formula is C27H29F4N5O3. The van der Waals surface area contributed by atoms with Crippen LogP contribution in [0, 0.1) is 11.8 Å². The zero-order valence-corrected chi connectivity index (χ0v) is 21.7. The van der Waals surface area contributed by atoms with Gasteiger partial charge in [0.05, 0.1) is 29.4 Å². The monoisotopic (exact) mass is 547 g/mol. The molecule has 1 aliphatic heterocycles. The molecule has 3 heterocycles. The Morgan fingerprint density at radius 3 is 2.77 bits per heavy atom. The topological polar surface area (TPSA) is 91.7 Å². The van der Waals surface area contributed by atoms with Crippen LogP contribution in [0.2, 0.25) is 0 Å². The van der Waals surface area contributed by atoms with Gasteiger partial charge >= 0.3 is 6.18 Å². The molecule has 4 rings (SSSR count). The van der Waals surface area contributed by atoms with Crippen LogP contribution in [0.1, 0.15) is 28.1 Å². The van der Waals surface area contributed by atoms with Gasteiger partial charge in [0.15, 0.2) is 18.0 Å². The lowest BCUT2D eigenvalue weighted by molar-refractivity contribution is -0.127. The number of fused-ring (bicyclic) bond motifs is 1. The number of carbonyl (C=O) groups excluding carboxylic acids is 1. The van der Waals surface area contributed by atoms with Crippen molar-refractivity contribution in [2.75, 3.05) is 51.5 Å². The van der Waals surface area contributed by atoms with Gasteiger partial charge in [0.2, 0.25) is 5.88 Å². The number of benzene rings is 1. The summed E-state index contributed by atoms with van der Waals surface area (Å²) in [4.78, 5) is 17.8. The number of para-hydroxylation sites is 1. The number of aromatic nitrogens is 1. The van der Waals surface area contributed by atoms with Crippen LogP contribution in [0.25, 0.3) is 11.0 Å². The molecule has 1 amide bonds. The minimum absolute atomic E-state index is 0.0993. The Balaban J connectivity index is 1.59. The van der Waals surface area contributed by atoms with Crippen molar-refractivity contribution in [3.8, 4) is 17.7 Å². The Morgan fingerprint density at radius 2 is 2.08 bits per heavy atom. The minimum Gasteiger partial charge on any atom is -0.463 e. The maximum absolute atomic E-state index is 14.6. The molecule has 2 atom stereocenters. The lowest BCUT2D eigenvalue weighted by atomic mass is 10.0. The van der Waals surface area contributed by atoms with E-state index in [0.29, 0.717) is 29.9 Å². The number of furan rings is 1. The average Bonchev–Trinajstić information content (AvgIpc) is 3.24. The van der Waals surface area contributed by atoms with E-state index in [9.17, 15) is 22.4 Å². The Hall–Kier alpha value is -3.98. The number of anilines is 2. The number of hydrogen-bond donors (Lipinski definition) is 3. The molecule has 1 aliphatic rings. The van der Waals surface area contributed by atoms with E-state index >= 15 is 0 Å². The molecule has 1 saturated heterocycles. The van der Waals surface area contributed by atoms with E-state index in [1.165, 1.54) is 19.3 Å². The van der Waals surface area contributed by atoms with Gasteiger partial charge < -0.3 is 30.0 Å². The summed E-state index contributed by atoms with van der Waals surface area (Å²) in [5.74, 6) is 5.05. The van der Waals surface area contributed by atoms with Gasteiger partial charge in [0, 0.05) is 44.3 Å². The fourth-order valence-electron chi connectivity index (χ4n) is 4.42. The van der Waals surface area contributed by atoms with E-state index in [-0.39, 0.29) is 47.2 Å². The van der Waals surface area contributed by atoms with Crippen molar-refractivity contribution in [3.05, 3.63) is 47.3 Å². The van der Waals surface area contributed by atoms with Gasteiger partial charge in [0.25, 0.3) is 5.91 Å². The summed E-state index contributed by atoms with van der Waals surface area (Å²) in [6.07, 6.45) is -4.99. The average molecular weight is 548 g/mol. The maximum atomic E-state index is 14.6. The Morgan fingerprint density at radius 1 is 1.28 bits per heavy atom. The molecule has 12 heteroatoms. The van der Waals surface area contributed by atoms with Gasteiger partial charge in [-0.25, -0.2) is 9.37 Å². The second-order valence-electron chi connectivity index (χ2n) is 9.20. The normalized spacial score (nSPS) is 17.8. The standard InChI is InChI=1S/C27H29F4N5O3/c1-32-22-12-16(25(37)33-2)14-34-26(22)38-11-5-8-23-18(13-27(29,30)31)17-6-4-7-21(24(17)39-23)35-20-9-10-36(3)15-19(20)28/h4,6-7,12,14,19-20,32,35H,9-11,13,15H2,1-3H3,(H,33,37)/t19-,20+/m0/s1. The van der Waals surface area contributed by atoms with E-state index < -0.39 is 24.8 Å². The van der Waals surface area contributed by atoms with Crippen molar-refractivity contribution in [1.82, 2.24) is 15.2 Å². The van der Waals surface area contributed by atoms with Gasteiger partial charge in [-0.15, -0.1) is 0 Å².